The predicted octanol–water partition coefficient (Wildman–Crippen LogP) is 4.89. The number of benzene rings is 1. The van der Waals surface area contributed by atoms with Crippen molar-refractivity contribution < 1.29 is 19.1 Å². The van der Waals surface area contributed by atoms with Gasteiger partial charge in [0.2, 0.25) is 0 Å². The fourth-order valence-electron chi connectivity index (χ4n) is 2.30. The van der Waals surface area contributed by atoms with Gasteiger partial charge in [-0.3, -0.25) is 9.59 Å². The van der Waals surface area contributed by atoms with E-state index in [1.165, 1.54) is 19.3 Å². The van der Waals surface area contributed by atoms with Crippen LogP contribution in [0.2, 0.25) is 0 Å². The molecule has 0 atom stereocenters. The smallest absolute Gasteiger partial charge is 0.311 e. The summed E-state index contributed by atoms with van der Waals surface area (Å²) in [4.78, 5) is 23.4. The number of unbranched alkanes of at least 4 members (excludes halogenated alkanes) is 4. The predicted molar refractivity (Wildman–Crippen MR) is 95.1 cm³/mol. The van der Waals surface area contributed by atoms with Gasteiger partial charge < -0.3 is 9.47 Å². The third kappa shape index (κ3) is 8.70. The van der Waals surface area contributed by atoms with Gasteiger partial charge in [-0.15, -0.1) is 0 Å². The van der Waals surface area contributed by atoms with Crippen LogP contribution in [0, 0.1) is 13.8 Å². The Kier molecular flexibility index (Phi) is 9.81. The number of carbonyl (C=O) groups is 2. The van der Waals surface area contributed by atoms with Crippen molar-refractivity contribution in [3.05, 3.63) is 29.3 Å². The van der Waals surface area contributed by atoms with Gasteiger partial charge in [-0.2, -0.15) is 0 Å². The minimum absolute atomic E-state index is 0.221. The van der Waals surface area contributed by atoms with E-state index >= 15 is 0 Å². The second-order valence-corrected chi connectivity index (χ2v) is 6.21. The third-order valence-electron chi connectivity index (χ3n) is 3.98. The van der Waals surface area contributed by atoms with Gasteiger partial charge in [-0.05, 0) is 49.9 Å². The Morgan fingerprint density at radius 2 is 1.58 bits per heavy atom. The lowest BCUT2D eigenvalue weighted by Gasteiger charge is -2.07. The van der Waals surface area contributed by atoms with E-state index < -0.39 is 0 Å². The quantitative estimate of drug-likeness (QED) is 0.328. The maximum atomic E-state index is 11.8. The van der Waals surface area contributed by atoms with Gasteiger partial charge in [0.1, 0.15) is 5.75 Å². The molecule has 0 unspecified atom stereocenters. The Hall–Kier alpha value is -1.84. The number of rotatable bonds is 11. The zero-order valence-corrected chi connectivity index (χ0v) is 15.2. The van der Waals surface area contributed by atoms with E-state index in [4.69, 9.17) is 9.47 Å². The topological polar surface area (TPSA) is 52.6 Å². The highest BCUT2D eigenvalue weighted by molar-refractivity contribution is 5.74. The fraction of sp³-hybridized carbons (Fsp3) is 0.600. The van der Waals surface area contributed by atoms with E-state index in [0.29, 0.717) is 18.8 Å². The third-order valence-corrected chi connectivity index (χ3v) is 3.98. The molecule has 0 saturated heterocycles. The molecular formula is C20H30O4. The Bertz CT molecular complexity index is 522. The van der Waals surface area contributed by atoms with E-state index in [-0.39, 0.29) is 24.8 Å². The summed E-state index contributed by atoms with van der Waals surface area (Å²) in [5, 5.41) is 0. The molecule has 0 heterocycles. The molecule has 1 rings (SSSR count). The fourth-order valence-corrected chi connectivity index (χ4v) is 2.30. The molecule has 1 aromatic rings. The molecule has 0 aromatic heterocycles. The maximum Gasteiger partial charge on any atom is 0.311 e. The molecular weight excluding hydrogens is 304 g/mol. The monoisotopic (exact) mass is 334 g/mol. The van der Waals surface area contributed by atoms with Crippen LogP contribution in [0.3, 0.4) is 0 Å². The molecule has 0 aliphatic heterocycles. The molecule has 4 nitrogen and oxygen atoms in total. The number of esters is 2. The molecule has 0 spiro atoms. The summed E-state index contributed by atoms with van der Waals surface area (Å²) in [7, 11) is 0. The first-order chi connectivity index (χ1) is 11.5. The van der Waals surface area contributed by atoms with Gasteiger partial charge in [0.25, 0.3) is 0 Å². The molecule has 0 amide bonds. The van der Waals surface area contributed by atoms with E-state index in [1.807, 2.05) is 26.0 Å². The summed E-state index contributed by atoms with van der Waals surface area (Å²) >= 11 is 0. The van der Waals surface area contributed by atoms with E-state index in [1.54, 1.807) is 6.07 Å². The Balaban J connectivity index is 2.11. The van der Waals surface area contributed by atoms with Crippen LogP contribution < -0.4 is 4.74 Å². The number of carbonyl (C=O) groups excluding carboxylic acids is 2. The van der Waals surface area contributed by atoms with Gasteiger partial charge >= 0.3 is 11.9 Å². The summed E-state index contributed by atoms with van der Waals surface area (Å²) in [6.45, 7) is 6.64. The Labute approximate surface area is 145 Å². The molecule has 134 valence electrons. The van der Waals surface area contributed by atoms with Crippen LogP contribution in [0.15, 0.2) is 18.2 Å². The number of ether oxygens (including phenoxy) is 2. The molecule has 0 fully saturated rings. The average Bonchev–Trinajstić information content (AvgIpc) is 2.54. The van der Waals surface area contributed by atoms with Gasteiger partial charge in [0.05, 0.1) is 6.61 Å². The van der Waals surface area contributed by atoms with Gasteiger partial charge in [-0.25, -0.2) is 0 Å². The minimum Gasteiger partial charge on any atom is -0.466 e. The van der Waals surface area contributed by atoms with Crippen molar-refractivity contribution in [3.63, 3.8) is 0 Å². The SMILES string of the molecule is CCCCCCCOC(=O)CCCC(=O)Oc1ccc(C)c(C)c1. The molecule has 0 aliphatic rings. The minimum atomic E-state index is -0.314. The molecule has 4 heteroatoms. The largest absolute Gasteiger partial charge is 0.466 e. The molecule has 0 saturated carbocycles. The molecule has 1 aromatic carbocycles. The number of hydrogen-bond acceptors (Lipinski definition) is 4. The van der Waals surface area contributed by atoms with Crippen molar-refractivity contribution in [2.75, 3.05) is 6.61 Å². The van der Waals surface area contributed by atoms with Gasteiger partial charge in [-0.1, -0.05) is 38.7 Å². The molecule has 0 bridgehead atoms. The second kappa shape index (κ2) is 11.7. The first-order valence-corrected chi connectivity index (χ1v) is 8.96. The van der Waals surface area contributed by atoms with Crippen molar-refractivity contribution in [3.8, 4) is 5.75 Å². The molecule has 0 radical (unpaired) electrons. The number of aryl methyl sites for hydroxylation is 2. The highest BCUT2D eigenvalue weighted by Crippen LogP contribution is 2.17. The van der Waals surface area contributed by atoms with E-state index in [0.717, 1.165) is 24.0 Å². The highest BCUT2D eigenvalue weighted by atomic mass is 16.5. The first kappa shape index (κ1) is 20.2. The average molecular weight is 334 g/mol. The Morgan fingerprint density at radius 1 is 0.875 bits per heavy atom. The zero-order chi connectivity index (χ0) is 17.8. The summed E-state index contributed by atoms with van der Waals surface area (Å²) in [6.07, 6.45) is 6.59. The van der Waals surface area contributed by atoms with E-state index in [2.05, 4.69) is 6.92 Å². The van der Waals surface area contributed by atoms with Crippen molar-refractivity contribution in [2.45, 2.75) is 72.1 Å². The summed E-state index contributed by atoms with van der Waals surface area (Å²) < 4.78 is 10.4. The van der Waals surface area contributed by atoms with Crippen LogP contribution in [0.4, 0.5) is 0 Å². The Morgan fingerprint density at radius 3 is 2.29 bits per heavy atom. The summed E-state index contributed by atoms with van der Waals surface area (Å²) in [5.74, 6) is 0.00727. The lowest BCUT2D eigenvalue weighted by molar-refractivity contribution is -0.144. The van der Waals surface area contributed by atoms with Crippen LogP contribution in [0.1, 0.15) is 69.4 Å². The second-order valence-electron chi connectivity index (χ2n) is 6.21. The van der Waals surface area contributed by atoms with Gasteiger partial charge in [0, 0.05) is 12.8 Å². The van der Waals surface area contributed by atoms with Crippen LogP contribution in [0.25, 0.3) is 0 Å². The van der Waals surface area contributed by atoms with Crippen LogP contribution >= 0.6 is 0 Å². The van der Waals surface area contributed by atoms with Crippen molar-refractivity contribution >= 4 is 11.9 Å². The molecule has 0 aliphatic carbocycles. The first-order valence-electron chi connectivity index (χ1n) is 8.96. The van der Waals surface area contributed by atoms with E-state index in [9.17, 15) is 9.59 Å². The lowest BCUT2D eigenvalue weighted by atomic mass is 10.1. The summed E-state index contributed by atoms with van der Waals surface area (Å²) in [5.41, 5.74) is 2.25. The zero-order valence-electron chi connectivity index (χ0n) is 15.2. The van der Waals surface area contributed by atoms with Crippen molar-refractivity contribution in [1.29, 1.82) is 0 Å². The van der Waals surface area contributed by atoms with Crippen molar-refractivity contribution in [2.24, 2.45) is 0 Å². The van der Waals surface area contributed by atoms with Crippen LogP contribution in [0.5, 0.6) is 5.75 Å². The lowest BCUT2D eigenvalue weighted by Crippen LogP contribution is -2.10. The van der Waals surface area contributed by atoms with Gasteiger partial charge in [0.15, 0.2) is 0 Å². The molecule has 24 heavy (non-hydrogen) atoms. The standard InChI is InChI=1S/C20H30O4/c1-4-5-6-7-8-14-23-19(21)10-9-11-20(22)24-18-13-12-16(2)17(3)15-18/h12-13,15H,4-11,14H2,1-3H3. The van der Waals surface area contributed by atoms with Crippen molar-refractivity contribution in [1.82, 2.24) is 0 Å². The normalized spacial score (nSPS) is 10.5. The highest BCUT2D eigenvalue weighted by Gasteiger charge is 2.09. The summed E-state index contributed by atoms with van der Waals surface area (Å²) in [6, 6.07) is 5.56. The molecule has 0 N–H and O–H groups in total. The maximum absolute atomic E-state index is 11.8. The van der Waals surface area contributed by atoms with Crippen LogP contribution in [-0.4, -0.2) is 18.5 Å². The number of hydrogen-bond donors (Lipinski definition) is 0. The van der Waals surface area contributed by atoms with Crippen LogP contribution in [-0.2, 0) is 14.3 Å².